The molecule has 0 spiro atoms. The van der Waals surface area contributed by atoms with Crippen LogP contribution in [-0.4, -0.2) is 29.6 Å². The molecule has 0 aromatic rings. The van der Waals surface area contributed by atoms with Gasteiger partial charge < -0.3 is 5.73 Å². The molecule has 18 heavy (non-hydrogen) atoms. The highest BCUT2D eigenvalue weighted by Gasteiger charge is 2.32. The second kappa shape index (κ2) is 6.38. The van der Waals surface area contributed by atoms with Crippen molar-refractivity contribution in [2.75, 3.05) is 6.54 Å². The Morgan fingerprint density at radius 2 is 1.94 bits per heavy atom. The Kier molecular flexibility index (Phi) is 5.08. The van der Waals surface area contributed by atoms with E-state index in [1.165, 1.54) is 51.5 Å². The van der Waals surface area contributed by atoms with Gasteiger partial charge in [-0.1, -0.05) is 26.7 Å². The van der Waals surface area contributed by atoms with Crippen LogP contribution in [0.2, 0.25) is 0 Å². The second-order valence-electron chi connectivity index (χ2n) is 7.19. The van der Waals surface area contributed by atoms with E-state index in [2.05, 4.69) is 25.7 Å². The molecule has 2 N–H and O–H groups in total. The van der Waals surface area contributed by atoms with Gasteiger partial charge in [0.05, 0.1) is 0 Å². The van der Waals surface area contributed by atoms with E-state index in [-0.39, 0.29) is 0 Å². The van der Waals surface area contributed by atoms with E-state index in [1.54, 1.807) is 0 Å². The van der Waals surface area contributed by atoms with Gasteiger partial charge in [0.2, 0.25) is 0 Å². The first kappa shape index (κ1) is 14.3. The van der Waals surface area contributed by atoms with Crippen molar-refractivity contribution in [3.63, 3.8) is 0 Å². The Balaban J connectivity index is 1.88. The second-order valence-corrected chi connectivity index (χ2v) is 7.19. The number of nitrogens with two attached hydrogens (primary N) is 1. The summed E-state index contributed by atoms with van der Waals surface area (Å²) in [6.07, 6.45) is 9.61. The molecule has 0 amide bonds. The van der Waals surface area contributed by atoms with Crippen LogP contribution in [0.4, 0.5) is 0 Å². The van der Waals surface area contributed by atoms with Crippen LogP contribution in [0, 0.1) is 11.8 Å². The predicted molar refractivity (Wildman–Crippen MR) is 78.6 cm³/mol. The molecule has 0 radical (unpaired) electrons. The molecule has 2 fully saturated rings. The lowest BCUT2D eigenvalue weighted by atomic mass is 9.79. The molecule has 2 rings (SSSR count). The van der Waals surface area contributed by atoms with Crippen LogP contribution < -0.4 is 5.73 Å². The summed E-state index contributed by atoms with van der Waals surface area (Å²) >= 11 is 0. The van der Waals surface area contributed by atoms with Crippen LogP contribution in [0.3, 0.4) is 0 Å². The van der Waals surface area contributed by atoms with Crippen molar-refractivity contribution < 1.29 is 0 Å². The third-order valence-electron chi connectivity index (χ3n) is 5.00. The van der Waals surface area contributed by atoms with Gasteiger partial charge in [0, 0.05) is 24.7 Å². The van der Waals surface area contributed by atoms with Gasteiger partial charge in [-0.15, -0.1) is 0 Å². The molecule has 1 saturated heterocycles. The molecule has 0 aromatic carbocycles. The van der Waals surface area contributed by atoms with Gasteiger partial charge in [-0.3, -0.25) is 4.90 Å². The summed E-state index contributed by atoms with van der Waals surface area (Å²) in [5.41, 5.74) is 6.08. The van der Waals surface area contributed by atoms with Crippen molar-refractivity contribution in [1.29, 1.82) is 0 Å². The molecule has 2 nitrogen and oxygen atoms in total. The summed E-state index contributed by atoms with van der Waals surface area (Å²) in [5.74, 6) is 1.84. The predicted octanol–water partition coefficient (Wildman–Crippen LogP) is 3.40. The van der Waals surface area contributed by atoms with Crippen molar-refractivity contribution in [3.05, 3.63) is 0 Å². The number of piperidine rings is 1. The zero-order valence-electron chi connectivity index (χ0n) is 12.6. The van der Waals surface area contributed by atoms with E-state index in [0.717, 1.165) is 17.9 Å². The summed E-state index contributed by atoms with van der Waals surface area (Å²) in [6, 6.07) is 2.01. The van der Waals surface area contributed by atoms with Crippen molar-refractivity contribution in [3.8, 4) is 0 Å². The minimum Gasteiger partial charge on any atom is -0.328 e. The fourth-order valence-corrected chi connectivity index (χ4v) is 4.21. The van der Waals surface area contributed by atoms with Gasteiger partial charge in [-0.05, 0) is 50.9 Å². The Bertz CT molecular complexity index is 251. The van der Waals surface area contributed by atoms with Crippen LogP contribution in [0.1, 0.15) is 65.7 Å². The standard InChI is InChI=1S/C16H32N2/c1-12(2)9-14-5-4-6-16(11-14)18-8-7-15(17)10-13(18)3/h12-16H,4-11,17H2,1-3H3. The van der Waals surface area contributed by atoms with Gasteiger partial charge in [0.1, 0.15) is 0 Å². The van der Waals surface area contributed by atoms with Crippen LogP contribution in [-0.2, 0) is 0 Å². The first-order valence-electron chi connectivity index (χ1n) is 8.07. The first-order chi connectivity index (χ1) is 8.56. The molecule has 4 atom stereocenters. The van der Waals surface area contributed by atoms with Crippen molar-refractivity contribution >= 4 is 0 Å². The first-order valence-corrected chi connectivity index (χ1v) is 8.07. The van der Waals surface area contributed by atoms with E-state index < -0.39 is 0 Å². The lowest BCUT2D eigenvalue weighted by Crippen LogP contribution is -2.51. The number of rotatable bonds is 3. The fraction of sp³-hybridized carbons (Fsp3) is 1.00. The van der Waals surface area contributed by atoms with E-state index >= 15 is 0 Å². The third kappa shape index (κ3) is 3.71. The van der Waals surface area contributed by atoms with E-state index in [0.29, 0.717) is 12.1 Å². The van der Waals surface area contributed by atoms with Crippen molar-refractivity contribution in [1.82, 2.24) is 4.90 Å². The maximum Gasteiger partial charge on any atom is 0.0101 e. The SMILES string of the molecule is CC(C)CC1CCCC(N2CCC(N)CC2C)C1. The summed E-state index contributed by atoms with van der Waals surface area (Å²) in [5, 5.41) is 0. The zero-order chi connectivity index (χ0) is 13.1. The quantitative estimate of drug-likeness (QED) is 0.834. The molecule has 106 valence electrons. The summed E-state index contributed by atoms with van der Waals surface area (Å²) in [7, 11) is 0. The zero-order valence-corrected chi connectivity index (χ0v) is 12.6. The molecule has 2 aliphatic rings. The minimum atomic E-state index is 0.450. The highest BCUT2D eigenvalue weighted by molar-refractivity contribution is 4.88. The Morgan fingerprint density at radius 1 is 1.17 bits per heavy atom. The summed E-state index contributed by atoms with van der Waals surface area (Å²) in [4.78, 5) is 2.77. The van der Waals surface area contributed by atoms with Crippen LogP contribution in [0.5, 0.6) is 0 Å². The van der Waals surface area contributed by atoms with Gasteiger partial charge in [0.15, 0.2) is 0 Å². The number of likely N-dealkylation sites (tertiary alicyclic amines) is 1. The molecule has 4 unspecified atom stereocenters. The molecule has 2 heteroatoms. The molecule has 0 aromatic heterocycles. The number of hydrogen-bond acceptors (Lipinski definition) is 2. The van der Waals surface area contributed by atoms with E-state index in [9.17, 15) is 0 Å². The maximum absolute atomic E-state index is 6.08. The normalized spacial score (nSPS) is 39.2. The van der Waals surface area contributed by atoms with E-state index in [1.807, 2.05) is 0 Å². The molecular weight excluding hydrogens is 220 g/mol. The monoisotopic (exact) mass is 252 g/mol. The Hall–Kier alpha value is -0.0800. The molecule has 1 heterocycles. The lowest BCUT2D eigenvalue weighted by molar-refractivity contribution is 0.0567. The molecule has 1 aliphatic carbocycles. The van der Waals surface area contributed by atoms with Crippen LogP contribution in [0.25, 0.3) is 0 Å². The average Bonchev–Trinajstić information content (AvgIpc) is 2.28. The van der Waals surface area contributed by atoms with Crippen molar-refractivity contribution in [2.45, 2.75) is 83.8 Å². The van der Waals surface area contributed by atoms with Crippen LogP contribution in [0.15, 0.2) is 0 Å². The molecule has 1 saturated carbocycles. The van der Waals surface area contributed by atoms with Gasteiger partial charge in [-0.25, -0.2) is 0 Å². The Labute approximate surface area is 113 Å². The van der Waals surface area contributed by atoms with Gasteiger partial charge >= 0.3 is 0 Å². The summed E-state index contributed by atoms with van der Waals surface area (Å²) in [6.45, 7) is 8.35. The average molecular weight is 252 g/mol. The molecule has 0 bridgehead atoms. The van der Waals surface area contributed by atoms with Gasteiger partial charge in [-0.2, -0.15) is 0 Å². The molecule has 1 aliphatic heterocycles. The van der Waals surface area contributed by atoms with Gasteiger partial charge in [0.25, 0.3) is 0 Å². The number of nitrogens with zero attached hydrogens (tertiary/aromatic N) is 1. The van der Waals surface area contributed by atoms with Crippen LogP contribution >= 0.6 is 0 Å². The topological polar surface area (TPSA) is 29.3 Å². The molecular formula is C16H32N2. The minimum absolute atomic E-state index is 0.450. The largest absolute Gasteiger partial charge is 0.328 e. The highest BCUT2D eigenvalue weighted by Crippen LogP contribution is 2.34. The Morgan fingerprint density at radius 3 is 2.61 bits per heavy atom. The summed E-state index contributed by atoms with van der Waals surface area (Å²) < 4.78 is 0. The number of hydrogen-bond donors (Lipinski definition) is 1. The fourth-order valence-electron chi connectivity index (χ4n) is 4.21. The maximum atomic E-state index is 6.08. The van der Waals surface area contributed by atoms with Crippen molar-refractivity contribution in [2.24, 2.45) is 17.6 Å². The lowest BCUT2D eigenvalue weighted by Gasteiger charge is -2.45. The third-order valence-corrected chi connectivity index (χ3v) is 5.00. The smallest absolute Gasteiger partial charge is 0.0101 e. The van der Waals surface area contributed by atoms with E-state index in [4.69, 9.17) is 5.73 Å². The highest BCUT2D eigenvalue weighted by atomic mass is 15.2.